The highest BCUT2D eigenvalue weighted by atomic mass is 19.1. The lowest BCUT2D eigenvalue weighted by Crippen LogP contribution is -1.90. The standard InChI is InChI=1S/C14H9F2N3O/c15-10-3-1-2-8(6-10)13-18-14(20-19-13)9-4-5-12(17)11(16)7-9/h1-7H,17H2. The lowest BCUT2D eigenvalue weighted by molar-refractivity contribution is 0.432. The van der Waals surface area contributed by atoms with Gasteiger partial charge in [0, 0.05) is 11.1 Å². The van der Waals surface area contributed by atoms with Crippen LogP contribution in [-0.4, -0.2) is 10.1 Å². The highest BCUT2D eigenvalue weighted by Crippen LogP contribution is 2.24. The predicted octanol–water partition coefficient (Wildman–Crippen LogP) is 3.26. The molecule has 2 N–H and O–H groups in total. The van der Waals surface area contributed by atoms with Crippen LogP contribution in [0.1, 0.15) is 0 Å². The van der Waals surface area contributed by atoms with Gasteiger partial charge >= 0.3 is 0 Å². The predicted molar refractivity (Wildman–Crippen MR) is 69.5 cm³/mol. The molecule has 0 fully saturated rings. The van der Waals surface area contributed by atoms with Gasteiger partial charge in [-0.15, -0.1) is 0 Å². The van der Waals surface area contributed by atoms with E-state index in [0.717, 1.165) is 0 Å². The van der Waals surface area contributed by atoms with Gasteiger partial charge in [0.2, 0.25) is 5.82 Å². The summed E-state index contributed by atoms with van der Waals surface area (Å²) in [6, 6.07) is 10.00. The van der Waals surface area contributed by atoms with E-state index in [2.05, 4.69) is 10.1 Å². The second-order valence-corrected chi connectivity index (χ2v) is 4.17. The first-order valence-corrected chi connectivity index (χ1v) is 5.78. The van der Waals surface area contributed by atoms with E-state index in [0.29, 0.717) is 11.1 Å². The molecule has 2 aromatic carbocycles. The fourth-order valence-electron chi connectivity index (χ4n) is 1.75. The maximum atomic E-state index is 13.4. The van der Waals surface area contributed by atoms with Crippen molar-refractivity contribution in [3.8, 4) is 22.8 Å². The van der Waals surface area contributed by atoms with Gasteiger partial charge in [-0.3, -0.25) is 0 Å². The quantitative estimate of drug-likeness (QED) is 0.728. The average Bonchev–Trinajstić information content (AvgIpc) is 2.92. The van der Waals surface area contributed by atoms with Gasteiger partial charge < -0.3 is 10.3 Å². The summed E-state index contributed by atoms with van der Waals surface area (Å²) in [7, 11) is 0. The molecule has 100 valence electrons. The summed E-state index contributed by atoms with van der Waals surface area (Å²) in [5, 5.41) is 3.75. The minimum atomic E-state index is -0.562. The second kappa shape index (κ2) is 4.73. The van der Waals surface area contributed by atoms with Gasteiger partial charge in [0.15, 0.2) is 0 Å². The van der Waals surface area contributed by atoms with Crippen molar-refractivity contribution in [2.75, 3.05) is 5.73 Å². The Morgan fingerprint density at radius 2 is 1.85 bits per heavy atom. The first-order chi connectivity index (χ1) is 9.63. The highest BCUT2D eigenvalue weighted by molar-refractivity contribution is 5.61. The zero-order valence-corrected chi connectivity index (χ0v) is 10.2. The van der Waals surface area contributed by atoms with Crippen molar-refractivity contribution in [1.29, 1.82) is 0 Å². The zero-order valence-electron chi connectivity index (χ0n) is 10.2. The van der Waals surface area contributed by atoms with Crippen LogP contribution < -0.4 is 5.73 Å². The Hall–Kier alpha value is -2.76. The van der Waals surface area contributed by atoms with Crippen molar-refractivity contribution in [2.24, 2.45) is 0 Å². The van der Waals surface area contributed by atoms with E-state index < -0.39 is 11.6 Å². The SMILES string of the molecule is Nc1ccc(-c2nc(-c3cccc(F)c3)no2)cc1F. The summed E-state index contributed by atoms with van der Waals surface area (Å²) >= 11 is 0. The first-order valence-electron chi connectivity index (χ1n) is 5.78. The van der Waals surface area contributed by atoms with Gasteiger partial charge in [-0.1, -0.05) is 17.3 Å². The number of anilines is 1. The molecule has 0 aliphatic carbocycles. The van der Waals surface area contributed by atoms with E-state index in [1.165, 1.54) is 24.3 Å². The summed E-state index contributed by atoms with van der Waals surface area (Å²) in [6.07, 6.45) is 0. The topological polar surface area (TPSA) is 64.9 Å². The smallest absolute Gasteiger partial charge is 0.258 e. The van der Waals surface area contributed by atoms with E-state index >= 15 is 0 Å². The fourth-order valence-corrected chi connectivity index (χ4v) is 1.75. The number of aromatic nitrogens is 2. The molecule has 0 atom stereocenters. The Morgan fingerprint density at radius 3 is 2.60 bits per heavy atom. The van der Waals surface area contributed by atoms with Crippen LogP contribution in [0.4, 0.5) is 14.5 Å². The largest absolute Gasteiger partial charge is 0.396 e. The van der Waals surface area contributed by atoms with Crippen LogP contribution in [0.2, 0.25) is 0 Å². The summed E-state index contributed by atoms with van der Waals surface area (Å²) in [5.74, 6) is -0.583. The maximum absolute atomic E-state index is 13.4. The number of nitrogens with zero attached hydrogens (tertiary/aromatic N) is 2. The number of halogens is 2. The van der Waals surface area contributed by atoms with Gasteiger partial charge in [-0.05, 0) is 30.3 Å². The average molecular weight is 273 g/mol. The first kappa shape index (κ1) is 12.3. The van der Waals surface area contributed by atoms with Gasteiger partial charge in [-0.2, -0.15) is 4.98 Å². The molecule has 3 rings (SSSR count). The third-order valence-electron chi connectivity index (χ3n) is 2.76. The fraction of sp³-hybridized carbons (Fsp3) is 0. The summed E-state index contributed by atoms with van der Waals surface area (Å²) in [4.78, 5) is 4.11. The normalized spacial score (nSPS) is 10.7. The van der Waals surface area contributed by atoms with Crippen molar-refractivity contribution in [2.45, 2.75) is 0 Å². The van der Waals surface area contributed by atoms with Crippen LogP contribution in [0.3, 0.4) is 0 Å². The minimum Gasteiger partial charge on any atom is -0.396 e. The molecule has 0 saturated heterocycles. The van der Waals surface area contributed by atoms with Crippen molar-refractivity contribution in [3.63, 3.8) is 0 Å². The zero-order chi connectivity index (χ0) is 14.1. The molecule has 1 heterocycles. The molecule has 6 heteroatoms. The minimum absolute atomic E-state index is 0.0404. The molecule has 0 bridgehead atoms. The monoisotopic (exact) mass is 273 g/mol. The number of nitrogens with two attached hydrogens (primary N) is 1. The van der Waals surface area contributed by atoms with E-state index in [9.17, 15) is 8.78 Å². The van der Waals surface area contributed by atoms with E-state index in [1.807, 2.05) is 0 Å². The van der Waals surface area contributed by atoms with Crippen molar-refractivity contribution in [3.05, 3.63) is 54.1 Å². The number of hydrogen-bond acceptors (Lipinski definition) is 4. The lowest BCUT2D eigenvalue weighted by atomic mass is 10.2. The summed E-state index contributed by atoms with van der Waals surface area (Å²) in [5.41, 5.74) is 6.33. The number of nitrogen functional groups attached to an aromatic ring is 1. The number of benzene rings is 2. The molecule has 0 amide bonds. The maximum Gasteiger partial charge on any atom is 0.258 e. The molecule has 1 aromatic heterocycles. The van der Waals surface area contributed by atoms with Crippen LogP contribution >= 0.6 is 0 Å². The second-order valence-electron chi connectivity index (χ2n) is 4.17. The Morgan fingerprint density at radius 1 is 1.00 bits per heavy atom. The Kier molecular flexibility index (Phi) is 2.90. The molecular weight excluding hydrogens is 264 g/mol. The van der Waals surface area contributed by atoms with Crippen LogP contribution in [0, 0.1) is 11.6 Å². The molecule has 3 aromatic rings. The number of hydrogen-bond donors (Lipinski definition) is 1. The molecule has 0 aliphatic rings. The molecule has 20 heavy (non-hydrogen) atoms. The molecular formula is C14H9F2N3O. The third-order valence-corrected chi connectivity index (χ3v) is 2.76. The third kappa shape index (κ3) is 2.23. The highest BCUT2D eigenvalue weighted by Gasteiger charge is 2.12. The summed E-state index contributed by atoms with van der Waals surface area (Å²) < 4.78 is 31.6. The van der Waals surface area contributed by atoms with E-state index in [1.54, 1.807) is 18.2 Å². The van der Waals surface area contributed by atoms with Crippen molar-refractivity contribution >= 4 is 5.69 Å². The van der Waals surface area contributed by atoms with Gasteiger partial charge in [0.1, 0.15) is 11.6 Å². The van der Waals surface area contributed by atoms with Crippen LogP contribution in [0.5, 0.6) is 0 Å². The van der Waals surface area contributed by atoms with Gasteiger partial charge in [0.25, 0.3) is 5.89 Å². The van der Waals surface area contributed by atoms with Crippen LogP contribution in [-0.2, 0) is 0 Å². The van der Waals surface area contributed by atoms with Crippen LogP contribution in [0.15, 0.2) is 47.0 Å². The van der Waals surface area contributed by atoms with Crippen molar-refractivity contribution < 1.29 is 13.3 Å². The Labute approximate surface area is 112 Å². The van der Waals surface area contributed by atoms with Crippen molar-refractivity contribution in [1.82, 2.24) is 10.1 Å². The summed E-state index contributed by atoms with van der Waals surface area (Å²) in [6.45, 7) is 0. The molecule has 0 spiro atoms. The molecule has 0 saturated carbocycles. The number of rotatable bonds is 2. The Balaban J connectivity index is 1.99. The molecule has 0 aliphatic heterocycles. The van der Waals surface area contributed by atoms with Gasteiger partial charge in [0.05, 0.1) is 5.69 Å². The molecule has 0 unspecified atom stereocenters. The van der Waals surface area contributed by atoms with E-state index in [-0.39, 0.29) is 17.4 Å². The van der Waals surface area contributed by atoms with Gasteiger partial charge in [-0.25, -0.2) is 8.78 Å². The van der Waals surface area contributed by atoms with E-state index in [4.69, 9.17) is 10.3 Å². The van der Waals surface area contributed by atoms with Crippen LogP contribution in [0.25, 0.3) is 22.8 Å². The Bertz CT molecular complexity index is 771. The molecule has 0 radical (unpaired) electrons. The molecule has 4 nitrogen and oxygen atoms in total. The lowest BCUT2D eigenvalue weighted by Gasteiger charge is -1.97.